The maximum Gasteiger partial charge on any atom is 0.472 e. The van der Waals surface area contributed by atoms with Gasteiger partial charge in [-0.3, -0.25) is 46.9 Å². The van der Waals surface area contributed by atoms with Crippen molar-refractivity contribution < 1.29 is 84.7 Å². The number of carbonyl (C=O) groups excluding carboxylic acids is 6. The van der Waals surface area contributed by atoms with E-state index in [4.69, 9.17) is 37.0 Å². The number of esters is 4. The van der Waals surface area contributed by atoms with Crippen LogP contribution in [0.3, 0.4) is 0 Å². The van der Waals surface area contributed by atoms with Crippen LogP contribution in [0.5, 0.6) is 0 Å². The fourth-order valence-corrected chi connectivity index (χ4v) is 14.9. The summed E-state index contributed by atoms with van der Waals surface area (Å²) in [7, 11) is -6.58. The van der Waals surface area contributed by atoms with Crippen LogP contribution in [0.15, 0.2) is 0 Å². The maximum absolute atomic E-state index is 12.9. The number of unbranched alkanes of at least 4 members (excludes halogenated alkanes) is 44. The molecule has 100 heavy (non-hydrogen) atoms. The van der Waals surface area contributed by atoms with E-state index in [9.17, 15) is 47.7 Å². The van der Waals surface area contributed by atoms with Gasteiger partial charge in [0.15, 0.2) is 12.2 Å². The van der Waals surface area contributed by atoms with Gasteiger partial charge in [-0.25, -0.2) is 9.13 Å². The van der Waals surface area contributed by atoms with E-state index < -0.39 is 64.9 Å². The molecule has 0 fully saturated rings. The molecule has 4 N–H and O–H groups in total. The third kappa shape index (κ3) is 72.7. The van der Waals surface area contributed by atoms with Crippen LogP contribution in [0.1, 0.15) is 374 Å². The van der Waals surface area contributed by atoms with E-state index in [0.717, 1.165) is 77.0 Å². The lowest BCUT2D eigenvalue weighted by Crippen LogP contribution is -2.30. The minimum Gasteiger partial charge on any atom is -0.462 e. The summed E-state index contributed by atoms with van der Waals surface area (Å²) in [5.74, 6) is -1.76. The number of nitrogens with one attached hydrogen (secondary N) is 2. The molecule has 0 aromatic carbocycles. The van der Waals surface area contributed by atoms with Crippen molar-refractivity contribution in [3.8, 4) is 0 Å². The molecule has 0 bridgehead atoms. The number of phosphoric ester groups is 2. The molecule has 0 spiro atoms. The molecule has 0 rings (SSSR count). The summed E-state index contributed by atoms with van der Waals surface area (Å²) in [5.41, 5.74) is 0. The van der Waals surface area contributed by atoms with Gasteiger partial charge in [-0.15, -0.1) is 0 Å². The molecule has 0 aromatic heterocycles. The molecule has 0 saturated heterocycles. The van der Waals surface area contributed by atoms with Crippen LogP contribution < -0.4 is 10.6 Å². The largest absolute Gasteiger partial charge is 0.472 e. The monoisotopic (exact) mass is 1500 g/mol. The fraction of sp³-hybridized carbons (Fsp3) is 0.921. The molecule has 2 unspecified atom stereocenters. The number of rotatable bonds is 79. The average molecular weight is 1500 g/mol. The van der Waals surface area contributed by atoms with Crippen molar-refractivity contribution in [3.63, 3.8) is 0 Å². The van der Waals surface area contributed by atoms with Gasteiger partial charge in [0, 0.05) is 63.1 Å². The number of hydrogen-bond acceptors (Lipinski definition) is 18. The van der Waals surface area contributed by atoms with Crippen LogP contribution in [0, 0.1) is 0 Å². The lowest BCUT2D eigenvalue weighted by atomic mass is 10.0. The Kier molecular flexibility index (Phi) is 72.0. The van der Waals surface area contributed by atoms with E-state index in [1.54, 1.807) is 0 Å². The van der Waals surface area contributed by atoms with E-state index in [-0.39, 0.29) is 89.9 Å². The fourth-order valence-electron chi connectivity index (χ4n) is 11.4. The van der Waals surface area contributed by atoms with E-state index >= 15 is 0 Å². The molecular weight excluding hydrogens is 1350 g/mol. The van der Waals surface area contributed by atoms with Crippen molar-refractivity contribution in [1.29, 1.82) is 0 Å². The van der Waals surface area contributed by atoms with Crippen molar-refractivity contribution in [1.82, 2.24) is 10.6 Å². The van der Waals surface area contributed by atoms with Crippen LogP contribution in [-0.4, -0.2) is 122 Å². The Labute approximate surface area is 615 Å². The Morgan fingerprint density at radius 3 is 0.760 bits per heavy atom. The molecule has 0 saturated carbocycles. The van der Waals surface area contributed by atoms with Crippen LogP contribution in [-0.2, 0) is 74.9 Å². The van der Waals surface area contributed by atoms with Gasteiger partial charge < -0.3 is 39.4 Å². The molecule has 0 aromatic rings. The highest BCUT2D eigenvalue weighted by atomic mass is 33.1. The second-order valence-corrected chi connectivity index (χ2v) is 32.8. The quantitative estimate of drug-likeness (QED) is 0.0145. The molecular formula is C76H146N2O18P2S2. The van der Waals surface area contributed by atoms with Gasteiger partial charge in [0.25, 0.3) is 0 Å². The zero-order valence-corrected chi connectivity index (χ0v) is 67.0. The minimum atomic E-state index is -4.67. The smallest absolute Gasteiger partial charge is 0.462 e. The van der Waals surface area contributed by atoms with Crippen molar-refractivity contribution in [3.05, 3.63) is 0 Å². The van der Waals surface area contributed by atoms with E-state index in [1.165, 1.54) is 227 Å². The molecule has 0 aliphatic heterocycles. The maximum atomic E-state index is 12.9. The summed E-state index contributed by atoms with van der Waals surface area (Å²) in [4.78, 5) is 97.1. The minimum absolute atomic E-state index is 0.0904. The summed E-state index contributed by atoms with van der Waals surface area (Å²) in [5, 5.41) is 5.25. The van der Waals surface area contributed by atoms with Gasteiger partial charge in [0.05, 0.1) is 26.4 Å². The molecule has 0 aliphatic carbocycles. The van der Waals surface area contributed by atoms with Crippen molar-refractivity contribution in [2.75, 3.05) is 64.2 Å². The van der Waals surface area contributed by atoms with Gasteiger partial charge in [0.2, 0.25) is 11.8 Å². The van der Waals surface area contributed by atoms with Gasteiger partial charge in [-0.1, -0.05) is 332 Å². The standard InChI is InChI=1S/C76H146N2O18P2S2/c1-5-9-13-17-21-25-28-30-31-33-35-39-42-46-50-54-74(82)90-66-70(96-76(84)56-52-48-44-40-36-32-29-26-22-18-14-10-6-2)68-94-98(87,88)92-62-60-78-72(80)58-64-100-99-63-57-71(79)77-59-61-91-97(85,86)93-67-69(95-75(83)55-51-47-43-37-24-20-16-12-8-4)65-89-73(81)53-49-45-41-38-34-27-23-19-15-11-7-3/h69-70H,5-68H2,1-4H3,(H,77,79)(H,78,80)(H,85,86)(H,87,88)/t69-,70-/m1/s1. The first-order valence-electron chi connectivity index (χ1n) is 40.3. The number of phosphoric acid groups is 2. The SMILES string of the molecule is CCCCCCCCCCCCCCCCCC(=O)OC[C@H](COP(=O)(O)OCCNC(=O)CCSSCCC(=O)NCCOP(=O)(O)OC[C@@H](COC(=O)CCCCCCCCCCCCC)OC(=O)CCCCCCCCCCC)OC(=O)CCCCCCCCCCCCCCC. The Hall–Kier alpha value is -2.26. The van der Waals surface area contributed by atoms with Crippen molar-refractivity contribution in [2.24, 2.45) is 0 Å². The summed E-state index contributed by atoms with van der Waals surface area (Å²) >= 11 is 0. The van der Waals surface area contributed by atoms with E-state index in [1.807, 2.05) is 0 Å². The average Bonchev–Trinajstić information content (AvgIpc) is 1.01. The Bertz CT molecular complexity index is 2030. The highest BCUT2D eigenvalue weighted by Crippen LogP contribution is 2.44. The van der Waals surface area contributed by atoms with Crippen LogP contribution in [0.25, 0.3) is 0 Å². The van der Waals surface area contributed by atoms with Crippen LogP contribution in [0.4, 0.5) is 0 Å². The molecule has 20 nitrogen and oxygen atoms in total. The number of ether oxygens (including phenoxy) is 4. The first kappa shape index (κ1) is 97.7. The number of carbonyl (C=O) groups is 6. The molecule has 4 atom stereocenters. The topological polar surface area (TPSA) is 275 Å². The Morgan fingerprint density at radius 2 is 0.520 bits per heavy atom. The predicted molar refractivity (Wildman–Crippen MR) is 408 cm³/mol. The lowest BCUT2D eigenvalue weighted by Gasteiger charge is -2.20. The molecule has 0 aliphatic rings. The van der Waals surface area contributed by atoms with Gasteiger partial charge in [-0.05, 0) is 25.7 Å². The van der Waals surface area contributed by atoms with Crippen molar-refractivity contribution >= 4 is 72.9 Å². The first-order chi connectivity index (χ1) is 48.6. The Balaban J connectivity index is 4.77. The first-order valence-corrected chi connectivity index (χ1v) is 45.8. The van der Waals surface area contributed by atoms with Crippen LogP contribution >= 0.6 is 37.2 Å². The Morgan fingerprint density at radius 1 is 0.300 bits per heavy atom. The third-order valence-electron chi connectivity index (χ3n) is 17.5. The molecule has 0 heterocycles. The normalized spacial score (nSPS) is 13.3. The second kappa shape index (κ2) is 73.6. The summed E-state index contributed by atoms with van der Waals surface area (Å²) in [6, 6.07) is 0. The molecule has 24 heteroatoms. The van der Waals surface area contributed by atoms with Crippen LogP contribution in [0.2, 0.25) is 0 Å². The predicted octanol–water partition coefficient (Wildman–Crippen LogP) is 20.9. The van der Waals surface area contributed by atoms with E-state index in [2.05, 4.69) is 38.3 Å². The van der Waals surface area contributed by atoms with Gasteiger partial charge in [-0.2, -0.15) is 0 Å². The van der Waals surface area contributed by atoms with E-state index in [0.29, 0.717) is 37.2 Å². The van der Waals surface area contributed by atoms with Gasteiger partial charge in [0.1, 0.15) is 13.2 Å². The number of amides is 2. The van der Waals surface area contributed by atoms with Crippen molar-refractivity contribution in [2.45, 2.75) is 387 Å². The highest BCUT2D eigenvalue weighted by molar-refractivity contribution is 8.76. The zero-order valence-electron chi connectivity index (χ0n) is 63.5. The second-order valence-electron chi connectivity index (χ2n) is 27.2. The van der Waals surface area contributed by atoms with Gasteiger partial charge >= 0.3 is 39.5 Å². The lowest BCUT2D eigenvalue weighted by molar-refractivity contribution is -0.161. The summed E-state index contributed by atoms with van der Waals surface area (Å²) in [6.45, 7) is 6.24. The summed E-state index contributed by atoms with van der Waals surface area (Å²) < 4.78 is 68.3. The highest BCUT2D eigenvalue weighted by Gasteiger charge is 2.28. The summed E-state index contributed by atoms with van der Waals surface area (Å²) in [6.07, 6.45) is 54.4. The molecule has 0 radical (unpaired) electrons. The molecule has 590 valence electrons. The third-order valence-corrected chi connectivity index (χ3v) is 21.9. The zero-order chi connectivity index (χ0) is 73.4. The number of hydrogen-bond donors (Lipinski definition) is 4. The molecule has 2 amide bonds.